The highest BCUT2D eigenvalue weighted by molar-refractivity contribution is 5.69. The van der Waals surface area contributed by atoms with E-state index in [1.54, 1.807) is 56.3 Å². The first-order valence-corrected chi connectivity index (χ1v) is 27.6. The van der Waals surface area contributed by atoms with Gasteiger partial charge in [-0.3, -0.25) is 0 Å². The molecule has 10 aromatic rings. The van der Waals surface area contributed by atoms with Gasteiger partial charge in [0.2, 0.25) is 0 Å². The van der Waals surface area contributed by atoms with Crippen molar-refractivity contribution in [3.05, 3.63) is 267 Å². The lowest BCUT2D eigenvalue weighted by Gasteiger charge is -2.11. The molecule has 0 radical (unpaired) electrons. The maximum Gasteiger partial charge on any atom is 0.387 e. The molecule has 5 nitrogen and oxygen atoms in total. The van der Waals surface area contributed by atoms with Crippen molar-refractivity contribution in [2.75, 3.05) is 0 Å². The van der Waals surface area contributed by atoms with Gasteiger partial charge in [-0.2, -0.15) is 43.9 Å². The maximum absolute atomic E-state index is 13.7. The molecular formula is C70H48F22O5. The molecule has 512 valence electrons. The third kappa shape index (κ3) is 21.8. The number of halogens is 22. The lowest BCUT2D eigenvalue weighted by Crippen LogP contribution is -2.06. The molecule has 0 heterocycles. The molecule has 0 saturated heterocycles. The van der Waals surface area contributed by atoms with Crippen LogP contribution in [0.25, 0.3) is 55.6 Å². The largest absolute Gasteiger partial charge is 0.432 e. The summed E-state index contributed by atoms with van der Waals surface area (Å²) in [7, 11) is 0. The van der Waals surface area contributed by atoms with Crippen LogP contribution in [0.2, 0.25) is 0 Å². The standard InChI is InChI=1S/C14H8F6O.C14H9F5O.2C14H10F4O.C14H11F3O/c1-6-2-8(15)12(9(16)3-6)7-4-10(17)13(11(18)5-7)21-14(19)20;1-7-2-3-9(10(15)4-7)8-5-11(16)13(12(17)6-8)20-14(18)19;1-8-2-4-10(11(15)6-8)9-3-5-13(12(16)7-9)19-14(17)18;1-8-2-4-9(5-3-8)10-6-11(15)13(12(16)7-10)19-14(17)18;1-9-2-4-10(5-3-9)11-6-7-13(12(15)8-11)18-14(16)17/h2-5,14H,1H3;2-6,14H,1H3;2*2-7,14H,1H3;2-8,14H,1H3. The Morgan fingerprint density at radius 2 is 0.474 bits per heavy atom. The van der Waals surface area contributed by atoms with Crippen molar-refractivity contribution >= 4 is 0 Å². The molecule has 0 fully saturated rings. The summed E-state index contributed by atoms with van der Waals surface area (Å²) >= 11 is 0. The summed E-state index contributed by atoms with van der Waals surface area (Å²) in [6, 6.07) is 36.8. The number of rotatable bonds is 15. The number of benzene rings is 10. The second kappa shape index (κ2) is 34.4. The van der Waals surface area contributed by atoms with Crippen molar-refractivity contribution in [1.82, 2.24) is 0 Å². The van der Waals surface area contributed by atoms with Crippen LogP contribution in [0, 0.1) is 104 Å². The molecule has 0 aliphatic rings. The van der Waals surface area contributed by atoms with E-state index in [0.29, 0.717) is 28.8 Å². The minimum atomic E-state index is -3.42. The lowest BCUT2D eigenvalue weighted by molar-refractivity contribution is -0.0551. The van der Waals surface area contributed by atoms with Crippen LogP contribution in [0.15, 0.2) is 170 Å². The van der Waals surface area contributed by atoms with Crippen LogP contribution in [-0.2, 0) is 0 Å². The Hall–Kier alpha value is -10.3. The molecule has 0 amide bonds. The maximum atomic E-state index is 13.7. The van der Waals surface area contributed by atoms with Crippen molar-refractivity contribution in [3.8, 4) is 84.4 Å². The Bertz CT molecular complexity index is 4210. The average Bonchev–Trinajstić information content (AvgIpc) is 0.817. The highest BCUT2D eigenvalue weighted by atomic mass is 19.3. The fraction of sp³-hybridized carbons (Fsp3) is 0.143. The van der Waals surface area contributed by atoms with E-state index in [0.717, 1.165) is 70.8 Å². The van der Waals surface area contributed by atoms with Crippen LogP contribution in [0.5, 0.6) is 28.7 Å². The molecule has 0 saturated carbocycles. The van der Waals surface area contributed by atoms with Crippen LogP contribution in [0.3, 0.4) is 0 Å². The normalized spacial score (nSPS) is 10.9. The van der Waals surface area contributed by atoms with Gasteiger partial charge in [0.1, 0.15) is 23.3 Å². The smallest absolute Gasteiger partial charge is 0.387 e. The van der Waals surface area contributed by atoms with E-state index in [-0.39, 0.29) is 33.4 Å². The quantitative estimate of drug-likeness (QED) is 0.0957. The molecule has 0 atom stereocenters. The minimum Gasteiger partial charge on any atom is -0.432 e. The molecule has 0 spiro atoms. The zero-order chi connectivity index (χ0) is 71.7. The third-order valence-electron chi connectivity index (χ3n) is 13.0. The Labute approximate surface area is 538 Å². The molecule has 97 heavy (non-hydrogen) atoms. The van der Waals surface area contributed by atoms with Gasteiger partial charge in [0.05, 0.1) is 5.56 Å². The van der Waals surface area contributed by atoms with Gasteiger partial charge in [-0.15, -0.1) is 0 Å². The van der Waals surface area contributed by atoms with E-state index in [2.05, 4.69) is 23.7 Å². The van der Waals surface area contributed by atoms with E-state index in [1.165, 1.54) is 49.4 Å². The van der Waals surface area contributed by atoms with Gasteiger partial charge >= 0.3 is 33.1 Å². The third-order valence-corrected chi connectivity index (χ3v) is 13.0. The van der Waals surface area contributed by atoms with Crippen LogP contribution < -0.4 is 23.7 Å². The Morgan fingerprint density at radius 1 is 0.206 bits per heavy atom. The highest BCUT2D eigenvalue weighted by Crippen LogP contribution is 2.36. The molecule has 10 rings (SSSR count). The Balaban J connectivity index is 0.000000192. The first-order chi connectivity index (χ1) is 45.7. The second-order valence-electron chi connectivity index (χ2n) is 20.3. The van der Waals surface area contributed by atoms with Gasteiger partial charge in [0.15, 0.2) is 75.3 Å². The molecule has 27 heteroatoms. The summed E-state index contributed by atoms with van der Waals surface area (Å²) in [6.07, 6.45) is 0. The highest BCUT2D eigenvalue weighted by Gasteiger charge is 2.23. The number of alkyl halides is 10. The first-order valence-electron chi connectivity index (χ1n) is 27.6. The molecule has 0 aromatic heterocycles. The van der Waals surface area contributed by atoms with Gasteiger partial charge in [0.25, 0.3) is 0 Å². The van der Waals surface area contributed by atoms with Crippen LogP contribution >= 0.6 is 0 Å². The average molecular weight is 1390 g/mol. The monoisotopic (exact) mass is 1390 g/mol. The molecule has 0 bridgehead atoms. The number of aryl methyl sites for hydroxylation is 5. The molecular weight excluding hydrogens is 1340 g/mol. The summed E-state index contributed by atoms with van der Waals surface area (Å²) in [5, 5.41) is 0. The van der Waals surface area contributed by atoms with E-state index in [9.17, 15) is 96.6 Å². The van der Waals surface area contributed by atoms with Crippen LogP contribution in [0.4, 0.5) is 96.6 Å². The lowest BCUT2D eigenvalue weighted by atomic mass is 10.0. The van der Waals surface area contributed by atoms with Gasteiger partial charge in [-0.25, -0.2) is 52.7 Å². The topological polar surface area (TPSA) is 46.2 Å². The fourth-order valence-electron chi connectivity index (χ4n) is 8.66. The van der Waals surface area contributed by atoms with Gasteiger partial charge in [0, 0.05) is 11.1 Å². The predicted molar refractivity (Wildman–Crippen MR) is 316 cm³/mol. The summed E-state index contributed by atoms with van der Waals surface area (Å²) in [5.41, 5.74) is 5.28. The number of hydrogen-bond donors (Lipinski definition) is 0. The fourth-order valence-corrected chi connectivity index (χ4v) is 8.66. The molecule has 0 unspecified atom stereocenters. The van der Waals surface area contributed by atoms with E-state index >= 15 is 0 Å². The Kier molecular flexibility index (Phi) is 26.8. The van der Waals surface area contributed by atoms with Crippen molar-refractivity contribution in [1.29, 1.82) is 0 Å². The van der Waals surface area contributed by atoms with Gasteiger partial charge in [-0.1, -0.05) is 96.1 Å². The minimum absolute atomic E-state index is 0.0306. The summed E-state index contributed by atoms with van der Waals surface area (Å²) in [6.45, 7) is -7.50. The zero-order valence-electron chi connectivity index (χ0n) is 50.4. The van der Waals surface area contributed by atoms with E-state index in [4.69, 9.17) is 0 Å². The van der Waals surface area contributed by atoms with Gasteiger partial charge in [-0.05, 0) is 175 Å². The zero-order valence-corrected chi connectivity index (χ0v) is 50.4. The number of ether oxygens (including phenoxy) is 5. The molecule has 0 N–H and O–H groups in total. The SMILES string of the molecule is Cc1cc(F)c(-c2cc(F)c(OC(F)F)c(F)c2)c(F)c1.Cc1ccc(-c2cc(F)c(OC(F)F)c(F)c2)c(F)c1.Cc1ccc(-c2cc(F)c(OC(F)F)c(F)c2)cc1.Cc1ccc(-c2ccc(OC(F)F)c(F)c2)c(F)c1.Cc1ccc(-c2ccc(OC(F)F)c(F)c2)cc1. The number of hydrogen-bond acceptors (Lipinski definition) is 5. The summed E-state index contributed by atoms with van der Waals surface area (Å²) in [4.78, 5) is 0. The summed E-state index contributed by atoms with van der Waals surface area (Å²) < 4.78 is 302. The van der Waals surface area contributed by atoms with Crippen LogP contribution in [0.1, 0.15) is 27.8 Å². The first kappa shape index (κ1) is 75.7. The van der Waals surface area contributed by atoms with Crippen molar-refractivity contribution < 1.29 is 120 Å². The molecule has 10 aromatic carbocycles. The summed E-state index contributed by atoms with van der Waals surface area (Å²) in [5.74, 6) is -17.4. The van der Waals surface area contributed by atoms with Gasteiger partial charge < -0.3 is 23.7 Å². The van der Waals surface area contributed by atoms with Crippen molar-refractivity contribution in [2.24, 2.45) is 0 Å². The molecule has 0 aliphatic carbocycles. The van der Waals surface area contributed by atoms with E-state index in [1.807, 2.05) is 38.1 Å². The van der Waals surface area contributed by atoms with Crippen molar-refractivity contribution in [3.63, 3.8) is 0 Å². The van der Waals surface area contributed by atoms with Crippen molar-refractivity contribution in [2.45, 2.75) is 67.7 Å². The second-order valence-corrected chi connectivity index (χ2v) is 20.3. The predicted octanol–water partition coefficient (Wildman–Crippen LogP) is 23.0. The molecule has 0 aliphatic heterocycles. The van der Waals surface area contributed by atoms with E-state index < -0.39 is 143 Å². The van der Waals surface area contributed by atoms with Crippen LogP contribution in [-0.4, -0.2) is 33.1 Å². The Morgan fingerprint density at radius 3 is 0.814 bits per heavy atom.